The summed E-state index contributed by atoms with van der Waals surface area (Å²) < 4.78 is 5.54. The van der Waals surface area contributed by atoms with E-state index in [0.717, 1.165) is 31.6 Å². The second-order valence-electron chi connectivity index (χ2n) is 5.70. The third-order valence-corrected chi connectivity index (χ3v) is 4.15. The van der Waals surface area contributed by atoms with Crippen LogP contribution in [0.5, 0.6) is 0 Å². The van der Waals surface area contributed by atoms with E-state index in [2.05, 4.69) is 40.1 Å². The topological polar surface area (TPSA) is 45.6 Å². The van der Waals surface area contributed by atoms with E-state index in [0.29, 0.717) is 5.11 Å². The van der Waals surface area contributed by atoms with Crippen molar-refractivity contribution in [1.82, 2.24) is 10.7 Å². The van der Waals surface area contributed by atoms with Crippen LogP contribution in [0.2, 0.25) is 0 Å². The van der Waals surface area contributed by atoms with Crippen LogP contribution in [0.25, 0.3) is 11.1 Å². The lowest BCUT2D eigenvalue weighted by Gasteiger charge is -2.11. The predicted octanol–water partition coefficient (Wildman–Crippen LogP) is 3.33. The van der Waals surface area contributed by atoms with E-state index in [4.69, 9.17) is 17.0 Å². The number of benzene rings is 2. The van der Waals surface area contributed by atoms with E-state index in [1.54, 1.807) is 6.21 Å². The molecule has 1 saturated heterocycles. The SMILES string of the molecule is S=C(NC[C@H]1CCCO1)N/N=C\c1ccc(-c2ccccc2)cc1. The molecule has 5 heteroatoms. The molecule has 124 valence electrons. The van der Waals surface area contributed by atoms with E-state index < -0.39 is 0 Å². The van der Waals surface area contributed by atoms with E-state index in [1.165, 1.54) is 11.1 Å². The Balaban J connectivity index is 1.46. The summed E-state index contributed by atoms with van der Waals surface area (Å²) in [7, 11) is 0. The maximum absolute atomic E-state index is 5.54. The molecule has 1 fully saturated rings. The van der Waals surface area contributed by atoms with Gasteiger partial charge in [-0.2, -0.15) is 5.10 Å². The Hall–Kier alpha value is -2.24. The largest absolute Gasteiger partial charge is 0.376 e. The van der Waals surface area contributed by atoms with Gasteiger partial charge >= 0.3 is 0 Å². The van der Waals surface area contributed by atoms with Gasteiger partial charge in [-0.3, -0.25) is 5.43 Å². The minimum atomic E-state index is 0.263. The molecule has 1 atom stereocenters. The van der Waals surface area contributed by atoms with Gasteiger partial charge in [0.05, 0.1) is 12.3 Å². The van der Waals surface area contributed by atoms with Gasteiger partial charge in [0.25, 0.3) is 0 Å². The molecule has 3 rings (SSSR count). The Kier molecular flexibility index (Phi) is 5.93. The van der Waals surface area contributed by atoms with Crippen LogP contribution >= 0.6 is 12.2 Å². The number of nitrogens with zero attached hydrogens (tertiary/aromatic N) is 1. The third kappa shape index (κ3) is 4.88. The first kappa shape index (κ1) is 16.6. The molecule has 24 heavy (non-hydrogen) atoms. The van der Waals surface area contributed by atoms with Crippen molar-refractivity contribution in [1.29, 1.82) is 0 Å². The van der Waals surface area contributed by atoms with Gasteiger partial charge in [0.1, 0.15) is 0 Å². The molecule has 0 radical (unpaired) electrons. The number of hydrogen-bond donors (Lipinski definition) is 2. The Morgan fingerprint density at radius 2 is 1.88 bits per heavy atom. The molecule has 1 aliphatic rings. The number of hydrogen-bond acceptors (Lipinski definition) is 3. The number of hydrazone groups is 1. The van der Waals surface area contributed by atoms with Crippen molar-refractivity contribution in [3.05, 3.63) is 60.2 Å². The van der Waals surface area contributed by atoms with Crippen molar-refractivity contribution in [2.75, 3.05) is 13.2 Å². The van der Waals surface area contributed by atoms with Gasteiger partial charge in [-0.1, -0.05) is 54.6 Å². The number of thiocarbonyl (C=S) groups is 1. The average Bonchev–Trinajstić information content (AvgIpc) is 3.15. The summed E-state index contributed by atoms with van der Waals surface area (Å²) in [4.78, 5) is 0. The van der Waals surface area contributed by atoms with Gasteiger partial charge in [-0.15, -0.1) is 0 Å². The van der Waals surface area contributed by atoms with E-state index >= 15 is 0 Å². The molecule has 0 amide bonds. The van der Waals surface area contributed by atoms with Gasteiger partial charge < -0.3 is 10.1 Å². The van der Waals surface area contributed by atoms with Gasteiger partial charge in [0.15, 0.2) is 5.11 Å². The highest BCUT2D eigenvalue weighted by Gasteiger charge is 2.14. The van der Waals surface area contributed by atoms with E-state index in [-0.39, 0.29) is 6.10 Å². The molecule has 2 aromatic rings. The van der Waals surface area contributed by atoms with Crippen molar-refractivity contribution in [3.63, 3.8) is 0 Å². The maximum Gasteiger partial charge on any atom is 0.187 e. The van der Waals surface area contributed by atoms with Crippen molar-refractivity contribution in [2.24, 2.45) is 5.10 Å². The fraction of sp³-hybridized carbons (Fsp3) is 0.263. The summed E-state index contributed by atoms with van der Waals surface area (Å²) in [6.45, 7) is 1.58. The second-order valence-corrected chi connectivity index (χ2v) is 6.11. The zero-order chi connectivity index (χ0) is 16.6. The van der Waals surface area contributed by atoms with Gasteiger partial charge in [-0.05, 0) is 41.7 Å². The van der Waals surface area contributed by atoms with Crippen molar-refractivity contribution >= 4 is 23.5 Å². The van der Waals surface area contributed by atoms with Crippen molar-refractivity contribution in [2.45, 2.75) is 18.9 Å². The van der Waals surface area contributed by atoms with Crippen molar-refractivity contribution < 1.29 is 4.74 Å². The number of rotatable bonds is 5. The van der Waals surface area contributed by atoms with Gasteiger partial charge in [-0.25, -0.2) is 0 Å². The van der Waals surface area contributed by atoms with Crippen LogP contribution in [0.1, 0.15) is 18.4 Å². The standard InChI is InChI=1S/C19H21N3OS/c24-19(20-14-18-7-4-12-23-18)22-21-13-15-8-10-17(11-9-15)16-5-2-1-3-6-16/h1-3,5-6,8-11,13,18H,4,7,12,14H2,(H2,20,22,24)/b21-13-/t18-/m1/s1. The molecule has 0 bridgehead atoms. The van der Waals surface area contributed by atoms with Crippen LogP contribution in [0.15, 0.2) is 59.7 Å². The summed E-state index contributed by atoms with van der Waals surface area (Å²) >= 11 is 5.20. The van der Waals surface area contributed by atoms with Gasteiger partial charge in [0.2, 0.25) is 0 Å². The molecule has 4 nitrogen and oxygen atoms in total. The molecule has 0 aliphatic carbocycles. The third-order valence-electron chi connectivity index (χ3n) is 3.91. The molecule has 0 saturated carbocycles. The van der Waals surface area contributed by atoms with Crippen LogP contribution in [0, 0.1) is 0 Å². The normalized spacial score (nSPS) is 17.1. The summed E-state index contributed by atoms with van der Waals surface area (Å²) in [6, 6.07) is 18.6. The Morgan fingerprint density at radius 3 is 2.58 bits per heavy atom. The van der Waals surface area contributed by atoms with Crippen molar-refractivity contribution in [3.8, 4) is 11.1 Å². The second kappa shape index (κ2) is 8.57. The monoisotopic (exact) mass is 339 g/mol. The lowest BCUT2D eigenvalue weighted by atomic mass is 10.0. The van der Waals surface area contributed by atoms with Crippen LogP contribution < -0.4 is 10.7 Å². The average molecular weight is 339 g/mol. The highest BCUT2D eigenvalue weighted by Crippen LogP contribution is 2.18. The molecule has 0 aromatic heterocycles. The Morgan fingerprint density at radius 1 is 1.12 bits per heavy atom. The first-order valence-corrected chi connectivity index (χ1v) is 8.56. The van der Waals surface area contributed by atoms with E-state index in [9.17, 15) is 0 Å². The first-order chi connectivity index (χ1) is 11.8. The summed E-state index contributed by atoms with van der Waals surface area (Å²) in [5.41, 5.74) is 6.25. The molecular formula is C19H21N3OS. The fourth-order valence-electron chi connectivity index (χ4n) is 2.61. The zero-order valence-electron chi connectivity index (χ0n) is 13.4. The molecule has 1 heterocycles. The van der Waals surface area contributed by atoms with Gasteiger partial charge in [0, 0.05) is 13.2 Å². The highest BCUT2D eigenvalue weighted by molar-refractivity contribution is 7.80. The highest BCUT2D eigenvalue weighted by atomic mass is 32.1. The summed E-state index contributed by atoms with van der Waals surface area (Å²) in [6.07, 6.45) is 4.24. The van der Waals surface area contributed by atoms with Crippen LogP contribution in [0.3, 0.4) is 0 Å². The first-order valence-electron chi connectivity index (χ1n) is 8.15. The fourth-order valence-corrected chi connectivity index (χ4v) is 2.75. The lowest BCUT2D eigenvalue weighted by molar-refractivity contribution is 0.114. The minimum absolute atomic E-state index is 0.263. The number of nitrogens with one attached hydrogen (secondary N) is 2. The lowest BCUT2D eigenvalue weighted by Crippen LogP contribution is -2.37. The van der Waals surface area contributed by atoms with E-state index in [1.807, 2.05) is 30.3 Å². The molecule has 0 unspecified atom stereocenters. The zero-order valence-corrected chi connectivity index (χ0v) is 14.3. The van der Waals surface area contributed by atoms with Crippen LogP contribution in [-0.2, 0) is 4.74 Å². The smallest absolute Gasteiger partial charge is 0.187 e. The molecule has 1 aliphatic heterocycles. The Bertz CT molecular complexity index is 680. The summed E-state index contributed by atoms with van der Waals surface area (Å²) in [5.74, 6) is 0. The minimum Gasteiger partial charge on any atom is -0.376 e. The Labute approximate surface area is 147 Å². The maximum atomic E-state index is 5.54. The number of ether oxygens (including phenoxy) is 1. The summed E-state index contributed by atoms with van der Waals surface area (Å²) in [5, 5.41) is 7.81. The quantitative estimate of drug-likeness (QED) is 0.498. The molecule has 2 N–H and O–H groups in total. The van der Waals surface area contributed by atoms with Crippen LogP contribution in [-0.4, -0.2) is 30.6 Å². The molecule has 0 spiro atoms. The molecule has 2 aromatic carbocycles. The molecular weight excluding hydrogens is 318 g/mol. The van der Waals surface area contributed by atoms with Crippen LogP contribution in [0.4, 0.5) is 0 Å². The predicted molar refractivity (Wildman–Crippen MR) is 102 cm³/mol.